The third-order valence-electron chi connectivity index (χ3n) is 6.29. The topological polar surface area (TPSA) is 80.3 Å². The van der Waals surface area contributed by atoms with Gasteiger partial charge in [0.15, 0.2) is 11.5 Å². The summed E-state index contributed by atoms with van der Waals surface area (Å²) in [6.07, 6.45) is 0. The molecule has 2 aliphatic heterocycles. The molecule has 2 aliphatic rings. The van der Waals surface area contributed by atoms with Crippen molar-refractivity contribution in [1.82, 2.24) is 10.2 Å². The van der Waals surface area contributed by atoms with Gasteiger partial charge in [-0.3, -0.25) is 9.69 Å². The maximum Gasteiger partial charge on any atom is 0.321 e. The van der Waals surface area contributed by atoms with E-state index in [9.17, 15) is 9.59 Å². The summed E-state index contributed by atoms with van der Waals surface area (Å²) >= 11 is 0. The van der Waals surface area contributed by atoms with Gasteiger partial charge in [-0.1, -0.05) is 24.3 Å². The predicted molar refractivity (Wildman–Crippen MR) is 132 cm³/mol. The van der Waals surface area contributed by atoms with E-state index in [1.54, 1.807) is 42.2 Å². The van der Waals surface area contributed by atoms with Crippen molar-refractivity contribution in [2.24, 2.45) is 0 Å². The van der Waals surface area contributed by atoms with Crippen LogP contribution in [-0.2, 0) is 6.54 Å². The number of hydrogen-bond donors (Lipinski definition) is 1. The minimum Gasteiger partial charge on any atom is -0.496 e. The molecule has 1 N–H and O–H groups in total. The van der Waals surface area contributed by atoms with Crippen molar-refractivity contribution in [3.63, 3.8) is 0 Å². The molecular weight excluding hydrogens is 446 g/mol. The molecule has 0 aromatic heterocycles. The lowest BCUT2D eigenvalue weighted by Gasteiger charge is -2.22. The van der Waals surface area contributed by atoms with Gasteiger partial charge in [0.1, 0.15) is 12.4 Å². The first-order chi connectivity index (χ1) is 17.1. The molecule has 8 nitrogen and oxygen atoms in total. The molecular formula is C27H27N3O5. The Morgan fingerprint density at radius 1 is 0.971 bits per heavy atom. The quantitative estimate of drug-likeness (QED) is 0.607. The number of rotatable bonds is 5. The number of hydrogen-bond acceptors (Lipinski definition) is 5. The van der Waals surface area contributed by atoms with E-state index in [-0.39, 0.29) is 11.9 Å². The summed E-state index contributed by atoms with van der Waals surface area (Å²) < 4.78 is 17.2. The van der Waals surface area contributed by atoms with E-state index in [1.165, 1.54) is 0 Å². The van der Waals surface area contributed by atoms with Crippen LogP contribution in [0.15, 0.2) is 60.7 Å². The average molecular weight is 474 g/mol. The highest BCUT2D eigenvalue weighted by atomic mass is 16.5. The first-order valence-corrected chi connectivity index (χ1v) is 11.5. The number of nitrogens with zero attached hydrogens (tertiary/aromatic N) is 2. The second kappa shape index (κ2) is 9.58. The molecule has 180 valence electrons. The van der Waals surface area contributed by atoms with Crippen LogP contribution in [0.4, 0.5) is 10.5 Å². The normalized spacial score (nSPS) is 15.1. The predicted octanol–water partition coefficient (Wildman–Crippen LogP) is 3.94. The second-order valence-corrected chi connectivity index (χ2v) is 8.38. The molecule has 0 spiro atoms. The fraction of sp³-hybridized carbons (Fsp3) is 0.259. The number of amides is 3. The molecule has 35 heavy (non-hydrogen) atoms. The molecule has 3 amide bonds. The second-order valence-electron chi connectivity index (χ2n) is 8.38. The Bertz CT molecular complexity index is 1280. The van der Waals surface area contributed by atoms with Gasteiger partial charge < -0.3 is 24.4 Å². The van der Waals surface area contributed by atoms with Gasteiger partial charge in [0.05, 0.1) is 20.8 Å². The summed E-state index contributed by atoms with van der Waals surface area (Å²) in [7, 11) is 3.25. The molecule has 3 aromatic carbocycles. The van der Waals surface area contributed by atoms with E-state index in [2.05, 4.69) is 5.32 Å². The number of para-hydroxylation sites is 1. The Hall–Kier alpha value is -4.20. The molecule has 1 saturated heterocycles. The van der Waals surface area contributed by atoms with Crippen LogP contribution in [-0.4, -0.2) is 57.3 Å². The highest BCUT2D eigenvalue weighted by Crippen LogP contribution is 2.40. The minimum atomic E-state index is -0.150. The van der Waals surface area contributed by atoms with Gasteiger partial charge >= 0.3 is 6.03 Å². The van der Waals surface area contributed by atoms with E-state index < -0.39 is 0 Å². The summed E-state index contributed by atoms with van der Waals surface area (Å²) in [5.41, 5.74) is 3.93. The lowest BCUT2D eigenvalue weighted by Crippen LogP contribution is -2.33. The number of carbonyl (C=O) groups excluding carboxylic acids is 2. The first-order valence-electron chi connectivity index (χ1n) is 11.5. The van der Waals surface area contributed by atoms with Crippen LogP contribution in [0.3, 0.4) is 0 Å². The van der Waals surface area contributed by atoms with Gasteiger partial charge in [-0.25, -0.2) is 4.79 Å². The lowest BCUT2D eigenvalue weighted by atomic mass is 10.00. The summed E-state index contributed by atoms with van der Waals surface area (Å²) in [5.74, 6) is 1.88. The number of carbonyl (C=O) groups is 2. The van der Waals surface area contributed by atoms with Gasteiger partial charge in [0.25, 0.3) is 5.91 Å². The molecule has 0 unspecified atom stereocenters. The van der Waals surface area contributed by atoms with Gasteiger partial charge in [0.2, 0.25) is 0 Å². The van der Waals surface area contributed by atoms with Crippen LogP contribution in [0.25, 0.3) is 11.1 Å². The number of anilines is 1. The standard InChI is InChI=1S/C27H27N3O5/c1-33-23-9-4-3-8-22(23)19-14-20-17-29(12-13-35-25(20)24(16-19)34-2)26(31)18-6-5-7-21(15-18)30-11-10-28-27(30)32/h3-9,14-16H,10-13,17H2,1-2H3,(H,28,32). The molecule has 2 heterocycles. The Kier molecular flexibility index (Phi) is 6.18. The highest BCUT2D eigenvalue weighted by molar-refractivity contribution is 5.98. The van der Waals surface area contributed by atoms with Crippen LogP contribution >= 0.6 is 0 Å². The fourth-order valence-corrected chi connectivity index (χ4v) is 4.55. The Morgan fingerprint density at radius 2 is 1.80 bits per heavy atom. The number of fused-ring (bicyclic) bond motifs is 1. The van der Waals surface area contributed by atoms with Gasteiger partial charge in [-0.15, -0.1) is 0 Å². The third-order valence-corrected chi connectivity index (χ3v) is 6.29. The van der Waals surface area contributed by atoms with Crippen LogP contribution in [0.1, 0.15) is 15.9 Å². The molecule has 0 bridgehead atoms. The molecule has 8 heteroatoms. The fourth-order valence-electron chi connectivity index (χ4n) is 4.55. The Morgan fingerprint density at radius 3 is 2.57 bits per heavy atom. The summed E-state index contributed by atoms with van der Waals surface area (Å²) in [6, 6.07) is 18.8. The molecule has 1 fully saturated rings. The largest absolute Gasteiger partial charge is 0.496 e. The summed E-state index contributed by atoms with van der Waals surface area (Å²) in [6.45, 7) is 2.30. The molecule has 3 aromatic rings. The van der Waals surface area contributed by atoms with Crippen molar-refractivity contribution < 1.29 is 23.8 Å². The lowest BCUT2D eigenvalue weighted by molar-refractivity contribution is 0.0733. The first kappa shape index (κ1) is 22.6. The monoisotopic (exact) mass is 473 g/mol. The van der Waals surface area contributed by atoms with E-state index >= 15 is 0 Å². The number of ether oxygens (including phenoxy) is 3. The van der Waals surface area contributed by atoms with Gasteiger partial charge in [0, 0.05) is 42.0 Å². The van der Waals surface area contributed by atoms with Crippen LogP contribution < -0.4 is 24.4 Å². The van der Waals surface area contributed by atoms with Gasteiger partial charge in [-0.05, 0) is 42.0 Å². The van der Waals surface area contributed by atoms with Crippen LogP contribution in [0.2, 0.25) is 0 Å². The molecule has 0 radical (unpaired) electrons. The smallest absolute Gasteiger partial charge is 0.321 e. The molecule has 0 aliphatic carbocycles. The van der Waals surface area contributed by atoms with Crippen molar-refractivity contribution in [3.05, 3.63) is 71.8 Å². The Balaban J connectivity index is 1.47. The maximum absolute atomic E-state index is 13.5. The molecule has 0 atom stereocenters. The zero-order valence-electron chi connectivity index (χ0n) is 19.7. The SMILES string of the molecule is COc1ccccc1-c1cc2c(c(OC)c1)OCCN(C(=O)c1cccc(N3CCNC3=O)c1)C2. The summed E-state index contributed by atoms with van der Waals surface area (Å²) in [5, 5.41) is 2.79. The maximum atomic E-state index is 13.5. The number of nitrogens with one attached hydrogen (secondary N) is 1. The van der Waals surface area contributed by atoms with Crippen molar-refractivity contribution in [1.29, 1.82) is 0 Å². The molecule has 0 saturated carbocycles. The zero-order chi connectivity index (χ0) is 24.4. The van der Waals surface area contributed by atoms with Crippen molar-refractivity contribution >= 4 is 17.6 Å². The van der Waals surface area contributed by atoms with E-state index in [0.717, 1.165) is 22.4 Å². The van der Waals surface area contributed by atoms with Crippen LogP contribution in [0, 0.1) is 0 Å². The van der Waals surface area contributed by atoms with E-state index in [4.69, 9.17) is 14.2 Å². The summed E-state index contributed by atoms with van der Waals surface area (Å²) in [4.78, 5) is 29.0. The number of benzene rings is 3. The average Bonchev–Trinajstić information content (AvgIpc) is 3.21. The van der Waals surface area contributed by atoms with Crippen LogP contribution in [0.5, 0.6) is 17.2 Å². The van der Waals surface area contributed by atoms with Crippen molar-refractivity contribution in [2.45, 2.75) is 6.54 Å². The van der Waals surface area contributed by atoms with Crippen molar-refractivity contribution in [3.8, 4) is 28.4 Å². The molecule has 5 rings (SSSR count). The minimum absolute atomic E-state index is 0.121. The highest BCUT2D eigenvalue weighted by Gasteiger charge is 2.26. The number of methoxy groups -OCH3 is 2. The van der Waals surface area contributed by atoms with Gasteiger partial charge in [-0.2, -0.15) is 0 Å². The Labute approximate surface area is 204 Å². The van der Waals surface area contributed by atoms with Crippen molar-refractivity contribution in [2.75, 3.05) is 45.4 Å². The third kappa shape index (κ3) is 4.35. The zero-order valence-corrected chi connectivity index (χ0v) is 19.7. The number of urea groups is 1. The van der Waals surface area contributed by atoms with E-state index in [0.29, 0.717) is 55.5 Å². The van der Waals surface area contributed by atoms with E-state index in [1.807, 2.05) is 42.5 Å².